The predicted molar refractivity (Wildman–Crippen MR) is 88.0 cm³/mol. The summed E-state index contributed by atoms with van der Waals surface area (Å²) in [4.78, 5) is 22.6. The molecule has 1 aromatic heterocycles. The highest BCUT2D eigenvalue weighted by molar-refractivity contribution is 5.77. The smallest absolute Gasteiger partial charge is 0.248 e. The molecular weight excluding hydrogens is 290 g/mol. The molecule has 5 nitrogen and oxygen atoms in total. The Labute approximate surface area is 138 Å². The van der Waals surface area contributed by atoms with Gasteiger partial charge < -0.3 is 9.64 Å². The Hall–Kier alpha value is -1.49. The molecule has 1 saturated heterocycles. The van der Waals surface area contributed by atoms with Crippen molar-refractivity contribution in [2.45, 2.75) is 57.5 Å². The Morgan fingerprint density at radius 3 is 2.74 bits per heavy atom. The molecule has 0 spiro atoms. The standard InChI is InChI=1S/C18H27N3O2/c1-14-4-2-3-5-17(14)23-12-18(22)21-10-7-15(8-11-21)16-6-9-19-13-20-16/h6,9,13-15,17H,2-5,7-8,10-12H2,1H3. The van der Waals surface area contributed by atoms with Gasteiger partial charge in [0.2, 0.25) is 5.91 Å². The third kappa shape index (κ3) is 4.28. The first-order valence-electron chi connectivity index (χ1n) is 8.89. The molecular formula is C18H27N3O2. The fraction of sp³-hybridized carbons (Fsp3) is 0.722. The molecule has 0 N–H and O–H groups in total. The Kier molecular flexibility index (Phi) is 5.60. The van der Waals surface area contributed by atoms with E-state index in [9.17, 15) is 4.79 Å². The number of rotatable bonds is 4. The number of aromatic nitrogens is 2. The zero-order valence-electron chi connectivity index (χ0n) is 14.0. The normalized spacial score (nSPS) is 26.2. The van der Waals surface area contributed by atoms with Gasteiger partial charge in [0, 0.05) is 30.9 Å². The SMILES string of the molecule is CC1CCCCC1OCC(=O)N1CCC(c2ccncn2)CC1. The molecule has 126 valence electrons. The van der Waals surface area contributed by atoms with Gasteiger partial charge >= 0.3 is 0 Å². The van der Waals surface area contributed by atoms with Gasteiger partial charge in [-0.05, 0) is 37.7 Å². The molecule has 1 saturated carbocycles. The molecule has 0 aromatic carbocycles. The van der Waals surface area contributed by atoms with E-state index in [1.807, 2.05) is 11.0 Å². The number of nitrogens with zero attached hydrogens (tertiary/aromatic N) is 3. The van der Waals surface area contributed by atoms with Gasteiger partial charge in [-0.2, -0.15) is 0 Å². The quantitative estimate of drug-likeness (QED) is 0.857. The van der Waals surface area contributed by atoms with Crippen LogP contribution in [0.4, 0.5) is 0 Å². The molecule has 0 bridgehead atoms. The van der Waals surface area contributed by atoms with E-state index in [4.69, 9.17) is 4.74 Å². The Balaban J connectivity index is 1.43. The maximum Gasteiger partial charge on any atom is 0.248 e. The molecule has 2 heterocycles. The maximum absolute atomic E-state index is 12.4. The van der Waals surface area contributed by atoms with Crippen LogP contribution in [0, 0.1) is 5.92 Å². The number of ether oxygens (including phenoxy) is 1. The summed E-state index contributed by atoms with van der Waals surface area (Å²) < 4.78 is 5.91. The van der Waals surface area contributed by atoms with Crippen LogP contribution < -0.4 is 0 Å². The van der Waals surface area contributed by atoms with E-state index in [2.05, 4.69) is 16.9 Å². The number of carbonyl (C=O) groups is 1. The van der Waals surface area contributed by atoms with Gasteiger partial charge in [0.15, 0.2) is 0 Å². The average Bonchev–Trinajstić information content (AvgIpc) is 2.62. The number of hydrogen-bond acceptors (Lipinski definition) is 4. The second-order valence-electron chi connectivity index (χ2n) is 6.90. The summed E-state index contributed by atoms with van der Waals surface area (Å²) >= 11 is 0. The lowest BCUT2D eigenvalue weighted by atomic mass is 9.88. The van der Waals surface area contributed by atoms with E-state index in [0.29, 0.717) is 11.8 Å². The fourth-order valence-corrected chi connectivity index (χ4v) is 3.77. The summed E-state index contributed by atoms with van der Waals surface area (Å²) in [6.07, 6.45) is 10.5. The van der Waals surface area contributed by atoms with E-state index in [0.717, 1.165) is 38.0 Å². The summed E-state index contributed by atoms with van der Waals surface area (Å²) in [7, 11) is 0. The van der Waals surface area contributed by atoms with E-state index < -0.39 is 0 Å². The van der Waals surface area contributed by atoms with E-state index in [1.165, 1.54) is 19.3 Å². The average molecular weight is 317 g/mol. The molecule has 2 atom stereocenters. The summed E-state index contributed by atoms with van der Waals surface area (Å²) in [5, 5.41) is 0. The summed E-state index contributed by atoms with van der Waals surface area (Å²) in [5.74, 6) is 1.17. The van der Waals surface area contributed by atoms with Crippen molar-refractivity contribution >= 4 is 5.91 Å². The summed E-state index contributed by atoms with van der Waals surface area (Å²) in [5.41, 5.74) is 1.10. The van der Waals surface area contributed by atoms with Crippen molar-refractivity contribution in [3.8, 4) is 0 Å². The van der Waals surface area contributed by atoms with Crippen LogP contribution in [0.3, 0.4) is 0 Å². The summed E-state index contributed by atoms with van der Waals surface area (Å²) in [6, 6.07) is 1.98. The van der Waals surface area contributed by atoms with Crippen LogP contribution in [0.5, 0.6) is 0 Å². The van der Waals surface area contributed by atoms with E-state index in [1.54, 1.807) is 12.5 Å². The molecule has 2 aliphatic rings. The minimum absolute atomic E-state index is 0.143. The van der Waals surface area contributed by atoms with Crippen LogP contribution in [-0.2, 0) is 9.53 Å². The molecule has 3 rings (SSSR count). The van der Waals surface area contributed by atoms with Crippen LogP contribution in [-0.4, -0.2) is 46.6 Å². The second kappa shape index (κ2) is 7.86. The van der Waals surface area contributed by atoms with Gasteiger partial charge in [0.05, 0.1) is 6.10 Å². The molecule has 23 heavy (non-hydrogen) atoms. The van der Waals surface area contributed by atoms with Crippen molar-refractivity contribution in [1.82, 2.24) is 14.9 Å². The van der Waals surface area contributed by atoms with Crippen LogP contribution in [0.25, 0.3) is 0 Å². The number of carbonyl (C=O) groups excluding carboxylic acids is 1. The van der Waals surface area contributed by atoms with Gasteiger partial charge in [-0.15, -0.1) is 0 Å². The molecule has 1 aromatic rings. The Bertz CT molecular complexity index is 500. The van der Waals surface area contributed by atoms with Crippen LogP contribution >= 0.6 is 0 Å². The molecule has 1 amide bonds. The molecule has 2 fully saturated rings. The zero-order valence-corrected chi connectivity index (χ0v) is 14.0. The Morgan fingerprint density at radius 2 is 2.04 bits per heavy atom. The van der Waals surface area contributed by atoms with Gasteiger partial charge in [0.1, 0.15) is 12.9 Å². The number of hydrogen-bond donors (Lipinski definition) is 0. The van der Waals surface area contributed by atoms with Gasteiger partial charge in [0.25, 0.3) is 0 Å². The molecule has 5 heteroatoms. The number of likely N-dealkylation sites (tertiary alicyclic amines) is 1. The number of amides is 1. The predicted octanol–water partition coefficient (Wildman–Crippen LogP) is 2.78. The van der Waals surface area contributed by atoms with Crippen LogP contribution in [0.2, 0.25) is 0 Å². The topological polar surface area (TPSA) is 55.3 Å². The molecule has 1 aliphatic carbocycles. The number of piperidine rings is 1. The monoisotopic (exact) mass is 317 g/mol. The van der Waals surface area contributed by atoms with Crippen molar-refractivity contribution in [3.63, 3.8) is 0 Å². The molecule has 1 aliphatic heterocycles. The van der Waals surface area contributed by atoms with Gasteiger partial charge in [-0.1, -0.05) is 19.8 Å². The summed E-state index contributed by atoms with van der Waals surface area (Å²) in [6.45, 7) is 4.09. The molecule has 0 radical (unpaired) electrons. The van der Waals surface area contributed by atoms with Crippen molar-refractivity contribution in [1.29, 1.82) is 0 Å². The first kappa shape index (κ1) is 16.4. The molecule has 2 unspecified atom stereocenters. The fourth-order valence-electron chi connectivity index (χ4n) is 3.77. The van der Waals surface area contributed by atoms with E-state index in [-0.39, 0.29) is 18.6 Å². The third-order valence-electron chi connectivity index (χ3n) is 5.32. The minimum Gasteiger partial charge on any atom is -0.368 e. The highest BCUT2D eigenvalue weighted by Crippen LogP contribution is 2.28. The van der Waals surface area contributed by atoms with Crippen molar-refractivity contribution < 1.29 is 9.53 Å². The van der Waals surface area contributed by atoms with Crippen LogP contribution in [0.1, 0.15) is 57.1 Å². The van der Waals surface area contributed by atoms with Crippen molar-refractivity contribution in [2.24, 2.45) is 5.92 Å². The minimum atomic E-state index is 0.143. The Morgan fingerprint density at radius 1 is 1.26 bits per heavy atom. The van der Waals surface area contributed by atoms with Gasteiger partial charge in [-0.25, -0.2) is 9.97 Å². The first-order chi connectivity index (χ1) is 11.2. The zero-order chi connectivity index (χ0) is 16.1. The van der Waals surface area contributed by atoms with Crippen LogP contribution in [0.15, 0.2) is 18.6 Å². The first-order valence-corrected chi connectivity index (χ1v) is 8.89. The second-order valence-corrected chi connectivity index (χ2v) is 6.90. The third-order valence-corrected chi connectivity index (χ3v) is 5.32. The lowest BCUT2D eigenvalue weighted by Gasteiger charge is -2.33. The lowest BCUT2D eigenvalue weighted by Crippen LogP contribution is -2.41. The largest absolute Gasteiger partial charge is 0.368 e. The highest BCUT2D eigenvalue weighted by Gasteiger charge is 2.27. The highest BCUT2D eigenvalue weighted by atomic mass is 16.5. The van der Waals surface area contributed by atoms with E-state index >= 15 is 0 Å². The lowest BCUT2D eigenvalue weighted by molar-refractivity contribution is -0.141. The van der Waals surface area contributed by atoms with Gasteiger partial charge in [-0.3, -0.25) is 4.79 Å². The van der Waals surface area contributed by atoms with Crippen molar-refractivity contribution in [3.05, 3.63) is 24.3 Å². The maximum atomic E-state index is 12.4. The van der Waals surface area contributed by atoms with Crippen molar-refractivity contribution in [2.75, 3.05) is 19.7 Å².